The Balaban J connectivity index is 2.19. The van der Waals surface area contributed by atoms with Gasteiger partial charge < -0.3 is 15.8 Å². The number of ether oxygens (including phenoxy) is 1. The fourth-order valence-corrected chi connectivity index (χ4v) is 2.61. The number of nitrogen functional groups attached to an aromatic ring is 1. The number of carbonyl (C=O) groups excluding carboxylic acids is 1. The molecular weight excluding hydrogens is 274 g/mol. The van der Waals surface area contributed by atoms with Crippen LogP contribution in [0, 0.1) is 0 Å². The van der Waals surface area contributed by atoms with Crippen molar-refractivity contribution >= 4 is 22.9 Å². The van der Waals surface area contributed by atoms with Crippen LogP contribution >= 0.6 is 11.3 Å². The molecule has 3 N–H and O–H groups in total. The summed E-state index contributed by atoms with van der Waals surface area (Å²) < 4.78 is 5.12. The second kappa shape index (κ2) is 6.38. The number of methoxy groups -OCH3 is 1. The number of nitrogens with zero attached hydrogens (tertiary/aromatic N) is 1. The van der Waals surface area contributed by atoms with Crippen molar-refractivity contribution in [2.45, 2.75) is 19.4 Å². The topological polar surface area (TPSA) is 77.2 Å². The van der Waals surface area contributed by atoms with Crippen LogP contribution in [0.4, 0.5) is 5.69 Å². The minimum absolute atomic E-state index is 0.104. The maximum Gasteiger partial charge on any atom is 0.254 e. The quantitative estimate of drug-likeness (QED) is 0.830. The van der Waals surface area contributed by atoms with E-state index in [9.17, 15) is 4.79 Å². The van der Waals surface area contributed by atoms with Crippen LogP contribution in [0.5, 0.6) is 5.75 Å². The van der Waals surface area contributed by atoms with Crippen LogP contribution in [0.25, 0.3) is 0 Å². The van der Waals surface area contributed by atoms with E-state index in [1.807, 2.05) is 12.3 Å². The molecule has 0 saturated carbocycles. The lowest BCUT2D eigenvalue weighted by Crippen LogP contribution is -2.28. The predicted molar refractivity (Wildman–Crippen MR) is 80.0 cm³/mol. The summed E-state index contributed by atoms with van der Waals surface area (Å²) in [4.78, 5) is 16.6. The van der Waals surface area contributed by atoms with Crippen molar-refractivity contribution in [2.75, 3.05) is 12.8 Å². The normalized spacial score (nSPS) is 11.9. The van der Waals surface area contributed by atoms with E-state index in [0.717, 1.165) is 11.4 Å². The third-order valence-corrected chi connectivity index (χ3v) is 3.86. The number of nitrogens with two attached hydrogens (primary N) is 1. The fourth-order valence-electron chi connectivity index (χ4n) is 1.84. The first-order valence-electron chi connectivity index (χ1n) is 6.29. The molecule has 0 radical (unpaired) electrons. The third-order valence-electron chi connectivity index (χ3n) is 2.97. The van der Waals surface area contributed by atoms with Gasteiger partial charge in [-0.25, -0.2) is 4.98 Å². The molecule has 0 fully saturated rings. The molecular formula is C14H17N3O2S. The van der Waals surface area contributed by atoms with Gasteiger partial charge in [0.1, 0.15) is 10.8 Å². The number of rotatable bonds is 5. The molecule has 1 aromatic heterocycles. The van der Waals surface area contributed by atoms with Crippen LogP contribution in [0.2, 0.25) is 0 Å². The van der Waals surface area contributed by atoms with Crippen LogP contribution in [0.3, 0.4) is 0 Å². The maximum absolute atomic E-state index is 12.3. The summed E-state index contributed by atoms with van der Waals surface area (Å²) in [5, 5.41) is 5.73. The number of thiazole rings is 1. The van der Waals surface area contributed by atoms with Gasteiger partial charge in [-0.3, -0.25) is 4.79 Å². The van der Waals surface area contributed by atoms with E-state index in [1.165, 1.54) is 11.3 Å². The first-order chi connectivity index (χ1) is 9.65. The third kappa shape index (κ3) is 3.08. The fraction of sp³-hybridized carbons (Fsp3) is 0.286. The van der Waals surface area contributed by atoms with Gasteiger partial charge in [-0.15, -0.1) is 11.3 Å². The molecule has 2 aromatic rings. The van der Waals surface area contributed by atoms with Gasteiger partial charge in [0.15, 0.2) is 0 Å². The number of carbonyl (C=O) groups is 1. The van der Waals surface area contributed by atoms with E-state index in [-0.39, 0.29) is 11.9 Å². The summed E-state index contributed by atoms with van der Waals surface area (Å²) >= 11 is 1.52. The molecule has 0 aliphatic rings. The van der Waals surface area contributed by atoms with Crippen LogP contribution in [-0.4, -0.2) is 18.0 Å². The van der Waals surface area contributed by atoms with E-state index >= 15 is 0 Å². The molecule has 6 heteroatoms. The molecule has 1 aromatic carbocycles. The lowest BCUT2D eigenvalue weighted by Gasteiger charge is -2.15. The summed E-state index contributed by atoms with van der Waals surface area (Å²) in [5.41, 5.74) is 6.70. The summed E-state index contributed by atoms with van der Waals surface area (Å²) in [6.07, 6.45) is 2.50. The Kier molecular flexibility index (Phi) is 4.57. The summed E-state index contributed by atoms with van der Waals surface area (Å²) in [6.45, 7) is 2.00. The summed E-state index contributed by atoms with van der Waals surface area (Å²) in [6, 6.07) is 4.93. The molecule has 1 atom stereocenters. The van der Waals surface area contributed by atoms with E-state index in [4.69, 9.17) is 10.5 Å². The van der Waals surface area contributed by atoms with Crippen molar-refractivity contribution in [3.05, 3.63) is 40.3 Å². The number of hydrogen-bond acceptors (Lipinski definition) is 5. The minimum Gasteiger partial charge on any atom is -0.497 e. The van der Waals surface area contributed by atoms with Crippen molar-refractivity contribution < 1.29 is 9.53 Å². The zero-order valence-corrected chi connectivity index (χ0v) is 12.2. The highest BCUT2D eigenvalue weighted by molar-refractivity contribution is 7.09. The number of benzene rings is 1. The highest BCUT2D eigenvalue weighted by atomic mass is 32.1. The Hall–Kier alpha value is -2.08. The molecule has 1 unspecified atom stereocenters. The van der Waals surface area contributed by atoms with Crippen molar-refractivity contribution in [3.8, 4) is 5.75 Å². The van der Waals surface area contributed by atoms with Gasteiger partial charge in [0.05, 0.1) is 18.7 Å². The van der Waals surface area contributed by atoms with Gasteiger partial charge in [0.25, 0.3) is 5.91 Å². The summed E-state index contributed by atoms with van der Waals surface area (Å²) in [7, 11) is 1.55. The van der Waals surface area contributed by atoms with E-state index in [1.54, 1.807) is 31.5 Å². The molecule has 0 bridgehead atoms. The molecule has 1 amide bonds. The Morgan fingerprint density at radius 1 is 1.55 bits per heavy atom. The van der Waals surface area contributed by atoms with E-state index in [0.29, 0.717) is 17.0 Å². The molecule has 2 rings (SSSR count). The van der Waals surface area contributed by atoms with E-state index < -0.39 is 0 Å². The molecule has 106 valence electrons. The highest BCUT2D eigenvalue weighted by Crippen LogP contribution is 2.23. The molecule has 20 heavy (non-hydrogen) atoms. The lowest BCUT2D eigenvalue weighted by atomic mass is 10.1. The SMILES string of the molecule is CCC(NC(=O)c1cc(OC)ccc1N)c1nccs1. The second-order valence-corrected chi connectivity index (χ2v) is 5.18. The van der Waals surface area contributed by atoms with Crippen molar-refractivity contribution in [2.24, 2.45) is 0 Å². The average molecular weight is 291 g/mol. The zero-order chi connectivity index (χ0) is 14.5. The summed E-state index contributed by atoms with van der Waals surface area (Å²) in [5.74, 6) is 0.384. The molecule has 0 saturated heterocycles. The van der Waals surface area contributed by atoms with Crippen molar-refractivity contribution in [3.63, 3.8) is 0 Å². The number of aromatic nitrogens is 1. The Bertz CT molecular complexity index is 584. The van der Waals surface area contributed by atoms with Gasteiger partial charge >= 0.3 is 0 Å². The Labute approximate surface area is 121 Å². The van der Waals surface area contributed by atoms with Gasteiger partial charge in [0, 0.05) is 17.3 Å². The van der Waals surface area contributed by atoms with Gasteiger partial charge in [-0.1, -0.05) is 6.92 Å². The van der Waals surface area contributed by atoms with Gasteiger partial charge in [-0.05, 0) is 24.6 Å². The Morgan fingerprint density at radius 2 is 2.35 bits per heavy atom. The largest absolute Gasteiger partial charge is 0.497 e. The van der Waals surface area contributed by atoms with Crippen molar-refractivity contribution in [1.29, 1.82) is 0 Å². The monoisotopic (exact) mass is 291 g/mol. The number of hydrogen-bond donors (Lipinski definition) is 2. The van der Waals surface area contributed by atoms with Crippen LogP contribution in [0.15, 0.2) is 29.8 Å². The molecule has 5 nitrogen and oxygen atoms in total. The van der Waals surface area contributed by atoms with Crippen LogP contribution < -0.4 is 15.8 Å². The molecule has 0 aliphatic heterocycles. The zero-order valence-electron chi connectivity index (χ0n) is 11.4. The first kappa shape index (κ1) is 14.3. The van der Waals surface area contributed by atoms with Crippen LogP contribution in [0.1, 0.15) is 34.8 Å². The molecule has 1 heterocycles. The van der Waals surface area contributed by atoms with Crippen LogP contribution in [-0.2, 0) is 0 Å². The van der Waals surface area contributed by atoms with Gasteiger partial charge in [-0.2, -0.15) is 0 Å². The first-order valence-corrected chi connectivity index (χ1v) is 7.17. The lowest BCUT2D eigenvalue weighted by molar-refractivity contribution is 0.0936. The Morgan fingerprint density at radius 3 is 2.95 bits per heavy atom. The van der Waals surface area contributed by atoms with E-state index in [2.05, 4.69) is 10.3 Å². The maximum atomic E-state index is 12.3. The minimum atomic E-state index is -0.219. The number of amides is 1. The second-order valence-electron chi connectivity index (χ2n) is 4.26. The molecule has 0 aliphatic carbocycles. The van der Waals surface area contributed by atoms with Gasteiger partial charge in [0.2, 0.25) is 0 Å². The molecule has 0 spiro atoms. The number of anilines is 1. The average Bonchev–Trinajstić information content (AvgIpc) is 2.99. The smallest absolute Gasteiger partial charge is 0.254 e. The highest BCUT2D eigenvalue weighted by Gasteiger charge is 2.18. The number of nitrogens with one attached hydrogen (secondary N) is 1. The van der Waals surface area contributed by atoms with Crippen molar-refractivity contribution in [1.82, 2.24) is 10.3 Å². The standard InChI is InChI=1S/C14H17N3O2S/c1-3-12(14-16-6-7-20-14)17-13(18)10-8-9(19-2)4-5-11(10)15/h4-8,12H,3,15H2,1-2H3,(H,17,18). The predicted octanol–water partition coefficient (Wildman–Crippen LogP) is 2.62.